The van der Waals surface area contributed by atoms with Crippen LogP contribution in [0.25, 0.3) is 0 Å². The fraction of sp³-hybridized carbons (Fsp3) is 0.412. The van der Waals surface area contributed by atoms with E-state index in [1.54, 1.807) is 6.20 Å². The maximum atomic E-state index is 12.2. The van der Waals surface area contributed by atoms with Crippen LogP contribution in [-0.4, -0.2) is 55.7 Å². The summed E-state index contributed by atoms with van der Waals surface area (Å²) in [6, 6.07) is 5.90. The highest BCUT2D eigenvalue weighted by molar-refractivity contribution is 7.89. The first kappa shape index (κ1) is 18.6. The van der Waals surface area contributed by atoms with E-state index in [4.69, 9.17) is 4.74 Å². The summed E-state index contributed by atoms with van der Waals surface area (Å²) in [7, 11) is -0.558. The smallest absolute Gasteiger partial charge is 0.251 e. The molecule has 1 aliphatic rings. The molecule has 0 spiro atoms. The van der Waals surface area contributed by atoms with Crippen molar-refractivity contribution in [2.45, 2.75) is 24.5 Å². The summed E-state index contributed by atoms with van der Waals surface area (Å²) in [5.41, 5.74) is 2.67. The number of nitrogens with zero attached hydrogens (tertiary/aromatic N) is 3. The van der Waals surface area contributed by atoms with Gasteiger partial charge < -0.3 is 10.1 Å². The van der Waals surface area contributed by atoms with E-state index < -0.39 is 10.0 Å². The number of sulfonamides is 1. The van der Waals surface area contributed by atoms with E-state index in [0.717, 1.165) is 22.0 Å². The lowest BCUT2D eigenvalue weighted by Crippen LogP contribution is -2.28. The molecule has 0 saturated heterocycles. The number of fused-ring (bicyclic) bond motifs is 1. The minimum Gasteiger partial charge on any atom is -0.376 e. The van der Waals surface area contributed by atoms with Crippen molar-refractivity contribution >= 4 is 15.9 Å². The summed E-state index contributed by atoms with van der Waals surface area (Å²) in [5.74, 6) is -0.247. The third kappa shape index (κ3) is 3.79. The topological polar surface area (TPSA) is 93.5 Å². The molecule has 1 aliphatic heterocycles. The second kappa shape index (κ2) is 7.56. The fourth-order valence-corrected chi connectivity index (χ4v) is 3.67. The number of hydrogen-bond donors (Lipinski definition) is 1. The molecule has 0 radical (unpaired) electrons. The van der Waals surface area contributed by atoms with Crippen molar-refractivity contribution < 1.29 is 17.9 Å². The minimum absolute atomic E-state index is 0.157. The van der Waals surface area contributed by atoms with Gasteiger partial charge in [-0.05, 0) is 24.3 Å². The molecule has 0 atom stereocenters. The highest BCUT2D eigenvalue weighted by atomic mass is 32.2. The Balaban J connectivity index is 1.58. The predicted molar refractivity (Wildman–Crippen MR) is 95.2 cm³/mol. The van der Waals surface area contributed by atoms with Crippen LogP contribution in [0.4, 0.5) is 0 Å². The summed E-state index contributed by atoms with van der Waals surface area (Å²) in [4.78, 5) is 12.4. The van der Waals surface area contributed by atoms with Crippen molar-refractivity contribution in [3.8, 4) is 0 Å². The van der Waals surface area contributed by atoms with Crippen LogP contribution in [0, 0.1) is 0 Å². The number of nitrogens with one attached hydrogen (secondary N) is 1. The molecule has 0 saturated carbocycles. The van der Waals surface area contributed by atoms with Gasteiger partial charge >= 0.3 is 0 Å². The van der Waals surface area contributed by atoms with Gasteiger partial charge in [0.05, 0.1) is 30.9 Å². The number of carbonyl (C=O) groups is 1. The second-order valence-corrected chi connectivity index (χ2v) is 8.36. The number of benzene rings is 1. The summed E-state index contributed by atoms with van der Waals surface area (Å²) in [6.45, 7) is 2.29. The number of carbonyl (C=O) groups excluding carboxylic acids is 1. The number of rotatable bonds is 6. The Labute approximate surface area is 152 Å². The van der Waals surface area contributed by atoms with Crippen molar-refractivity contribution in [3.63, 3.8) is 0 Å². The lowest BCUT2D eigenvalue weighted by molar-refractivity contribution is 0.0950. The molecule has 8 nitrogen and oxygen atoms in total. The van der Waals surface area contributed by atoms with Gasteiger partial charge in [0, 0.05) is 43.9 Å². The molecule has 1 aromatic carbocycles. The molecule has 2 heterocycles. The minimum atomic E-state index is -3.49. The highest BCUT2D eigenvalue weighted by Crippen LogP contribution is 2.16. The van der Waals surface area contributed by atoms with Crippen LogP contribution in [0.5, 0.6) is 0 Å². The number of ether oxygens (including phenoxy) is 1. The maximum Gasteiger partial charge on any atom is 0.251 e. The normalized spacial score (nSPS) is 14.3. The zero-order valence-electron chi connectivity index (χ0n) is 14.8. The number of hydrogen-bond acceptors (Lipinski definition) is 5. The highest BCUT2D eigenvalue weighted by Gasteiger charge is 2.18. The largest absolute Gasteiger partial charge is 0.376 e. The molecule has 0 bridgehead atoms. The van der Waals surface area contributed by atoms with Crippen molar-refractivity contribution in [1.29, 1.82) is 0 Å². The van der Waals surface area contributed by atoms with Crippen molar-refractivity contribution in [1.82, 2.24) is 19.4 Å². The Kier molecular flexibility index (Phi) is 5.40. The SMILES string of the molecule is CN(C)S(=O)(=O)c1ccc(C(=O)NCCn2ncc3c2CCOC3)cc1. The first-order valence-electron chi connectivity index (χ1n) is 8.31. The monoisotopic (exact) mass is 378 g/mol. The molecule has 0 fully saturated rings. The van der Waals surface area contributed by atoms with Crippen molar-refractivity contribution in [2.24, 2.45) is 0 Å². The van der Waals surface area contributed by atoms with E-state index in [2.05, 4.69) is 10.4 Å². The van der Waals surface area contributed by atoms with Gasteiger partial charge in [-0.1, -0.05) is 0 Å². The van der Waals surface area contributed by atoms with E-state index in [9.17, 15) is 13.2 Å². The van der Waals surface area contributed by atoms with Crippen LogP contribution in [-0.2, 0) is 34.3 Å². The molecule has 1 amide bonds. The van der Waals surface area contributed by atoms with E-state index >= 15 is 0 Å². The molecule has 2 aromatic rings. The van der Waals surface area contributed by atoms with Gasteiger partial charge in [-0.3, -0.25) is 9.48 Å². The fourth-order valence-electron chi connectivity index (χ4n) is 2.77. The van der Waals surface area contributed by atoms with Crippen LogP contribution in [0.3, 0.4) is 0 Å². The average molecular weight is 378 g/mol. The third-order valence-corrected chi connectivity index (χ3v) is 6.11. The quantitative estimate of drug-likeness (QED) is 0.796. The standard InChI is InChI=1S/C17H22N4O4S/c1-20(2)26(23,24)15-5-3-13(4-6-15)17(22)18-8-9-21-16-7-10-25-12-14(16)11-19-21/h3-6,11H,7-10,12H2,1-2H3,(H,18,22). The molecular weight excluding hydrogens is 356 g/mol. The lowest BCUT2D eigenvalue weighted by atomic mass is 10.2. The maximum absolute atomic E-state index is 12.2. The van der Waals surface area contributed by atoms with Gasteiger partial charge in [0.2, 0.25) is 10.0 Å². The van der Waals surface area contributed by atoms with Crippen LogP contribution in [0.1, 0.15) is 21.6 Å². The Bertz CT molecular complexity index is 888. The third-order valence-electron chi connectivity index (χ3n) is 4.28. The van der Waals surface area contributed by atoms with Gasteiger partial charge in [0.1, 0.15) is 0 Å². The second-order valence-electron chi connectivity index (χ2n) is 6.21. The summed E-state index contributed by atoms with van der Waals surface area (Å²) >= 11 is 0. The van der Waals surface area contributed by atoms with Gasteiger partial charge in [-0.25, -0.2) is 12.7 Å². The molecule has 1 N–H and O–H groups in total. The Morgan fingerprint density at radius 3 is 2.73 bits per heavy atom. The van der Waals surface area contributed by atoms with E-state index in [1.807, 2.05) is 4.68 Å². The average Bonchev–Trinajstić information content (AvgIpc) is 3.05. The molecule has 1 aromatic heterocycles. The zero-order chi connectivity index (χ0) is 18.7. The lowest BCUT2D eigenvalue weighted by Gasteiger charge is -2.15. The number of amides is 1. The van der Waals surface area contributed by atoms with Gasteiger partial charge in [0.25, 0.3) is 5.91 Å². The van der Waals surface area contributed by atoms with Gasteiger partial charge in [0.15, 0.2) is 0 Å². The van der Waals surface area contributed by atoms with Crippen molar-refractivity contribution in [2.75, 3.05) is 27.2 Å². The molecule has 0 aliphatic carbocycles. The molecule has 3 rings (SSSR count). The first-order chi connectivity index (χ1) is 12.4. The van der Waals surface area contributed by atoms with E-state index in [0.29, 0.717) is 31.9 Å². The molecule has 26 heavy (non-hydrogen) atoms. The Hall–Kier alpha value is -2.23. The Morgan fingerprint density at radius 2 is 2.04 bits per heavy atom. The molecule has 0 unspecified atom stereocenters. The predicted octanol–water partition coefficient (Wildman–Crippen LogP) is 0.636. The van der Waals surface area contributed by atoms with E-state index in [-0.39, 0.29) is 10.8 Å². The summed E-state index contributed by atoms with van der Waals surface area (Å²) in [6.07, 6.45) is 2.63. The molecule has 140 valence electrons. The van der Waals surface area contributed by atoms with Gasteiger partial charge in [-0.15, -0.1) is 0 Å². The Morgan fingerprint density at radius 1 is 1.31 bits per heavy atom. The van der Waals surface area contributed by atoms with Crippen LogP contribution >= 0.6 is 0 Å². The van der Waals surface area contributed by atoms with Crippen LogP contribution in [0.15, 0.2) is 35.4 Å². The first-order valence-corrected chi connectivity index (χ1v) is 9.75. The summed E-state index contributed by atoms with van der Waals surface area (Å²) < 4.78 is 32.5. The number of aromatic nitrogens is 2. The molecular formula is C17H22N4O4S. The van der Waals surface area contributed by atoms with Crippen LogP contribution < -0.4 is 5.32 Å². The van der Waals surface area contributed by atoms with Crippen LogP contribution in [0.2, 0.25) is 0 Å². The van der Waals surface area contributed by atoms with Crippen molar-refractivity contribution in [3.05, 3.63) is 47.3 Å². The summed E-state index contributed by atoms with van der Waals surface area (Å²) in [5, 5.41) is 7.17. The molecule has 9 heteroatoms. The van der Waals surface area contributed by atoms with E-state index in [1.165, 1.54) is 38.4 Å². The zero-order valence-corrected chi connectivity index (χ0v) is 15.6. The van der Waals surface area contributed by atoms with Gasteiger partial charge in [-0.2, -0.15) is 5.10 Å².